The highest BCUT2D eigenvalue weighted by molar-refractivity contribution is 7.99. The highest BCUT2D eigenvalue weighted by Gasteiger charge is 2.23. The predicted molar refractivity (Wildman–Crippen MR) is 110 cm³/mol. The molecule has 0 unspecified atom stereocenters. The molecule has 29 heavy (non-hydrogen) atoms. The number of thioether (sulfide) groups is 1. The topological polar surface area (TPSA) is 81.9 Å². The maximum atomic E-state index is 12.8. The number of amides is 1. The number of fused-ring (bicyclic) bond motifs is 2. The third-order valence-corrected chi connectivity index (χ3v) is 5.82. The molecule has 1 aliphatic heterocycles. The van der Waals surface area contributed by atoms with Crippen molar-refractivity contribution in [3.8, 4) is 11.5 Å². The lowest BCUT2D eigenvalue weighted by Crippen LogP contribution is -2.37. The van der Waals surface area contributed by atoms with E-state index in [1.165, 1.54) is 17.3 Å². The highest BCUT2D eigenvalue weighted by Crippen LogP contribution is 2.33. The van der Waals surface area contributed by atoms with E-state index in [-0.39, 0.29) is 11.7 Å². The molecule has 8 nitrogen and oxygen atoms in total. The highest BCUT2D eigenvalue weighted by atomic mass is 32.2. The molecule has 0 fully saturated rings. The summed E-state index contributed by atoms with van der Waals surface area (Å²) in [4.78, 5) is 23.5. The third-order valence-electron chi connectivity index (χ3n) is 4.99. The summed E-state index contributed by atoms with van der Waals surface area (Å²) in [5.74, 6) is 2.32. The van der Waals surface area contributed by atoms with Crippen molar-refractivity contribution in [2.75, 3.05) is 26.5 Å². The molecule has 0 saturated heterocycles. The number of hydrogen-bond donors (Lipinski definition) is 0. The van der Waals surface area contributed by atoms with Crippen molar-refractivity contribution in [2.45, 2.75) is 32.0 Å². The molecular formula is C20H23N5O3S. The minimum absolute atomic E-state index is 0.0650. The fourth-order valence-electron chi connectivity index (χ4n) is 3.52. The Morgan fingerprint density at radius 2 is 1.83 bits per heavy atom. The van der Waals surface area contributed by atoms with Crippen molar-refractivity contribution >= 4 is 23.4 Å². The number of ether oxygens (including phenoxy) is 2. The molecule has 0 atom stereocenters. The van der Waals surface area contributed by atoms with Crippen molar-refractivity contribution in [3.63, 3.8) is 0 Å². The van der Waals surface area contributed by atoms with Crippen LogP contribution >= 0.6 is 11.8 Å². The van der Waals surface area contributed by atoms with Gasteiger partial charge in [-0.05, 0) is 49.6 Å². The van der Waals surface area contributed by atoms with Gasteiger partial charge < -0.3 is 14.4 Å². The van der Waals surface area contributed by atoms with Crippen LogP contribution in [0.25, 0.3) is 5.78 Å². The Bertz CT molecular complexity index is 1080. The van der Waals surface area contributed by atoms with Gasteiger partial charge in [0.1, 0.15) is 0 Å². The zero-order chi connectivity index (χ0) is 20.5. The fraction of sp³-hybridized carbons (Fsp3) is 0.400. The number of carbonyl (C=O) groups is 1. The van der Waals surface area contributed by atoms with Gasteiger partial charge in [-0.3, -0.25) is 4.79 Å². The molecule has 0 bridgehead atoms. The fourth-order valence-corrected chi connectivity index (χ4v) is 4.24. The Balaban J connectivity index is 1.44. The van der Waals surface area contributed by atoms with Crippen LogP contribution in [0.2, 0.25) is 0 Å². The van der Waals surface area contributed by atoms with Crippen LogP contribution in [-0.4, -0.2) is 56.9 Å². The van der Waals surface area contributed by atoms with Crippen LogP contribution in [0.4, 0.5) is 0 Å². The van der Waals surface area contributed by atoms with Crippen LogP contribution in [0.5, 0.6) is 11.5 Å². The van der Waals surface area contributed by atoms with E-state index < -0.39 is 0 Å². The smallest absolute Gasteiger partial charge is 0.253 e. The van der Waals surface area contributed by atoms with Crippen LogP contribution in [0.15, 0.2) is 23.4 Å². The second kappa shape index (κ2) is 7.90. The zero-order valence-corrected chi connectivity index (χ0v) is 17.7. The average Bonchev–Trinajstić information content (AvgIpc) is 3.13. The van der Waals surface area contributed by atoms with Gasteiger partial charge in [-0.2, -0.15) is 4.98 Å². The minimum atomic E-state index is 0.0650. The number of nitrogens with zero attached hydrogens (tertiary/aromatic N) is 5. The molecule has 1 amide bonds. The van der Waals surface area contributed by atoms with E-state index in [4.69, 9.17) is 9.47 Å². The molecule has 4 rings (SSSR count). The molecule has 152 valence electrons. The Hall–Kier alpha value is -2.81. The molecule has 1 aliphatic rings. The first-order valence-electron chi connectivity index (χ1n) is 9.34. The van der Waals surface area contributed by atoms with Gasteiger partial charge in [0.15, 0.2) is 11.5 Å². The molecule has 0 saturated carbocycles. The van der Waals surface area contributed by atoms with Gasteiger partial charge in [0.05, 0.1) is 20.0 Å². The van der Waals surface area contributed by atoms with Crippen molar-refractivity contribution in [1.82, 2.24) is 24.5 Å². The van der Waals surface area contributed by atoms with E-state index in [0.717, 1.165) is 29.1 Å². The largest absolute Gasteiger partial charge is 0.493 e. The van der Waals surface area contributed by atoms with Gasteiger partial charge in [0.25, 0.3) is 5.78 Å². The minimum Gasteiger partial charge on any atom is -0.493 e. The van der Waals surface area contributed by atoms with Gasteiger partial charge in [0, 0.05) is 24.5 Å². The van der Waals surface area contributed by atoms with E-state index in [0.29, 0.717) is 29.8 Å². The Kier molecular flexibility index (Phi) is 5.31. The summed E-state index contributed by atoms with van der Waals surface area (Å²) in [7, 11) is 3.25. The second-order valence-corrected chi connectivity index (χ2v) is 7.92. The third kappa shape index (κ3) is 3.87. The van der Waals surface area contributed by atoms with E-state index in [1.54, 1.807) is 18.7 Å². The number of rotatable bonds is 5. The van der Waals surface area contributed by atoms with Crippen LogP contribution in [-0.2, 0) is 17.8 Å². The first-order valence-corrected chi connectivity index (χ1v) is 10.3. The SMILES string of the molecule is COc1cc2c(cc1OC)CN(C(=O)CSc1nc3nc(C)cc(C)n3n1)CC2. The summed E-state index contributed by atoms with van der Waals surface area (Å²) >= 11 is 1.34. The van der Waals surface area contributed by atoms with Crippen LogP contribution in [0.3, 0.4) is 0 Å². The normalized spacial score (nSPS) is 13.4. The van der Waals surface area contributed by atoms with E-state index >= 15 is 0 Å². The van der Waals surface area contributed by atoms with Crippen LogP contribution in [0, 0.1) is 13.8 Å². The standard InChI is InChI=1S/C20H23N5O3S/c1-12-7-13(2)25-19(21-12)22-20(23-25)29-11-18(26)24-6-5-14-8-16(27-3)17(28-4)9-15(14)10-24/h7-9H,5-6,10-11H2,1-4H3. The van der Waals surface area contributed by atoms with E-state index in [2.05, 4.69) is 15.1 Å². The summed E-state index contributed by atoms with van der Waals surface area (Å²) in [6.07, 6.45) is 0.793. The molecule has 0 radical (unpaired) electrons. The number of carbonyl (C=O) groups excluding carboxylic acids is 1. The van der Waals surface area contributed by atoms with Crippen molar-refractivity contribution in [1.29, 1.82) is 0 Å². The van der Waals surface area contributed by atoms with Crippen molar-refractivity contribution < 1.29 is 14.3 Å². The Morgan fingerprint density at radius 1 is 1.10 bits per heavy atom. The molecule has 2 aromatic heterocycles. The maximum absolute atomic E-state index is 12.8. The average molecular weight is 414 g/mol. The predicted octanol–water partition coefficient (Wildman–Crippen LogP) is 2.44. The van der Waals surface area contributed by atoms with Crippen molar-refractivity contribution in [3.05, 3.63) is 40.7 Å². The lowest BCUT2D eigenvalue weighted by molar-refractivity contribution is -0.129. The van der Waals surface area contributed by atoms with Crippen LogP contribution < -0.4 is 9.47 Å². The van der Waals surface area contributed by atoms with Gasteiger partial charge in [-0.25, -0.2) is 9.50 Å². The summed E-state index contributed by atoms with van der Waals surface area (Å²) < 4.78 is 12.5. The Labute approximate surface area is 173 Å². The van der Waals surface area contributed by atoms with E-state index in [1.807, 2.05) is 36.9 Å². The number of aromatic nitrogens is 4. The van der Waals surface area contributed by atoms with Crippen LogP contribution in [0.1, 0.15) is 22.5 Å². The molecule has 0 N–H and O–H groups in total. The lowest BCUT2D eigenvalue weighted by Gasteiger charge is -2.29. The molecule has 9 heteroatoms. The Morgan fingerprint density at radius 3 is 2.55 bits per heavy atom. The quantitative estimate of drug-likeness (QED) is 0.594. The summed E-state index contributed by atoms with van der Waals surface area (Å²) in [5.41, 5.74) is 4.15. The van der Waals surface area contributed by atoms with Gasteiger partial charge >= 0.3 is 0 Å². The van der Waals surface area contributed by atoms with Gasteiger partial charge in [0.2, 0.25) is 11.1 Å². The van der Waals surface area contributed by atoms with E-state index in [9.17, 15) is 4.79 Å². The molecular weight excluding hydrogens is 390 g/mol. The number of aryl methyl sites for hydroxylation is 2. The van der Waals surface area contributed by atoms with Gasteiger partial charge in [-0.1, -0.05) is 11.8 Å². The second-order valence-electron chi connectivity index (χ2n) is 6.97. The lowest BCUT2D eigenvalue weighted by atomic mass is 9.99. The molecule has 1 aromatic carbocycles. The number of benzene rings is 1. The first-order chi connectivity index (χ1) is 14.0. The number of methoxy groups -OCH3 is 2. The first kappa shape index (κ1) is 19.5. The maximum Gasteiger partial charge on any atom is 0.253 e. The summed E-state index contributed by atoms with van der Waals surface area (Å²) in [5, 5.41) is 5.01. The monoisotopic (exact) mass is 413 g/mol. The molecule has 3 aromatic rings. The zero-order valence-electron chi connectivity index (χ0n) is 16.9. The summed E-state index contributed by atoms with van der Waals surface area (Å²) in [6, 6.07) is 5.92. The number of hydrogen-bond acceptors (Lipinski definition) is 7. The molecule has 3 heterocycles. The molecule has 0 aliphatic carbocycles. The summed E-state index contributed by atoms with van der Waals surface area (Å²) in [6.45, 7) is 5.13. The van der Waals surface area contributed by atoms with Gasteiger partial charge in [-0.15, -0.1) is 5.10 Å². The molecule has 0 spiro atoms. The van der Waals surface area contributed by atoms with Crippen molar-refractivity contribution in [2.24, 2.45) is 0 Å².